The van der Waals surface area contributed by atoms with Gasteiger partial charge in [-0.3, -0.25) is 4.40 Å². The summed E-state index contributed by atoms with van der Waals surface area (Å²) in [5, 5.41) is 17.9. The Kier molecular flexibility index (Phi) is 3.30. The van der Waals surface area contributed by atoms with Crippen LogP contribution in [-0.2, 0) is 5.75 Å². The summed E-state index contributed by atoms with van der Waals surface area (Å²) in [5.41, 5.74) is 1.31. The molecule has 8 heteroatoms. The normalized spacial score (nSPS) is 10.8. The summed E-state index contributed by atoms with van der Waals surface area (Å²) >= 11 is 1.38. The van der Waals surface area contributed by atoms with E-state index in [1.807, 2.05) is 28.8 Å². The minimum Gasteiger partial charge on any atom is -0.478 e. The van der Waals surface area contributed by atoms with E-state index < -0.39 is 5.97 Å². The molecule has 3 aromatic rings. The van der Waals surface area contributed by atoms with Gasteiger partial charge in [0, 0.05) is 18.1 Å². The lowest BCUT2D eigenvalue weighted by Crippen LogP contribution is -2.04. The quantitative estimate of drug-likeness (QED) is 0.727. The highest BCUT2D eigenvalue weighted by Crippen LogP contribution is 2.22. The number of hydrogen-bond donors (Lipinski definition) is 1. The average Bonchev–Trinajstić information content (AvgIpc) is 2.88. The van der Waals surface area contributed by atoms with Gasteiger partial charge in [0.1, 0.15) is 11.9 Å². The number of aromatic carboxylic acids is 1. The molecule has 0 amide bonds. The SMILES string of the molecule is O=C(O)c1cncnc1CSc1nnc2ccccn12. The Hall–Kier alpha value is -2.48. The van der Waals surface area contributed by atoms with Gasteiger partial charge < -0.3 is 5.11 Å². The van der Waals surface area contributed by atoms with Crippen molar-refractivity contribution >= 4 is 23.4 Å². The van der Waals surface area contributed by atoms with Gasteiger partial charge in [-0.2, -0.15) is 0 Å². The van der Waals surface area contributed by atoms with Crippen LogP contribution in [0.3, 0.4) is 0 Å². The molecule has 0 aliphatic carbocycles. The highest BCUT2D eigenvalue weighted by Gasteiger charge is 2.13. The number of rotatable bonds is 4. The first kappa shape index (κ1) is 12.5. The average molecular weight is 287 g/mol. The zero-order valence-corrected chi connectivity index (χ0v) is 11.0. The molecule has 0 atom stereocenters. The van der Waals surface area contributed by atoms with Crippen LogP contribution in [0.4, 0.5) is 0 Å². The number of carbonyl (C=O) groups is 1. The van der Waals surface area contributed by atoms with Crippen LogP contribution in [0.5, 0.6) is 0 Å². The van der Waals surface area contributed by atoms with Gasteiger partial charge in [0.05, 0.1) is 5.69 Å². The molecule has 0 fully saturated rings. The molecule has 0 bridgehead atoms. The molecule has 0 spiro atoms. The number of carboxylic acids is 1. The summed E-state index contributed by atoms with van der Waals surface area (Å²) < 4.78 is 1.84. The van der Waals surface area contributed by atoms with Crippen molar-refractivity contribution in [1.82, 2.24) is 24.6 Å². The van der Waals surface area contributed by atoms with E-state index >= 15 is 0 Å². The summed E-state index contributed by atoms with van der Waals surface area (Å²) in [4.78, 5) is 18.8. The molecule has 0 aromatic carbocycles. The van der Waals surface area contributed by atoms with Crippen LogP contribution >= 0.6 is 11.8 Å². The molecule has 20 heavy (non-hydrogen) atoms. The number of carboxylic acid groups (broad SMARTS) is 1. The number of thioether (sulfide) groups is 1. The maximum absolute atomic E-state index is 11.1. The third-order valence-corrected chi connectivity index (χ3v) is 3.60. The lowest BCUT2D eigenvalue weighted by molar-refractivity contribution is 0.0695. The van der Waals surface area contributed by atoms with Crippen LogP contribution in [-0.4, -0.2) is 35.6 Å². The van der Waals surface area contributed by atoms with Gasteiger partial charge in [0.25, 0.3) is 0 Å². The summed E-state index contributed by atoms with van der Waals surface area (Å²) in [5.74, 6) is -0.646. The molecule has 1 N–H and O–H groups in total. The molecule has 7 nitrogen and oxygen atoms in total. The Morgan fingerprint density at radius 3 is 3.10 bits per heavy atom. The molecule has 0 radical (unpaired) electrons. The Bertz CT molecular complexity index is 773. The van der Waals surface area contributed by atoms with Crippen molar-refractivity contribution in [2.75, 3.05) is 0 Å². The minimum atomic E-state index is -1.03. The Morgan fingerprint density at radius 2 is 2.25 bits per heavy atom. The number of fused-ring (bicyclic) bond motifs is 1. The van der Waals surface area contributed by atoms with Crippen LogP contribution in [0.1, 0.15) is 16.1 Å². The van der Waals surface area contributed by atoms with Crippen LogP contribution in [0, 0.1) is 0 Å². The third-order valence-electron chi connectivity index (χ3n) is 2.65. The van der Waals surface area contributed by atoms with Crippen molar-refractivity contribution in [3.05, 3.63) is 48.2 Å². The summed E-state index contributed by atoms with van der Waals surface area (Å²) in [6.45, 7) is 0. The van der Waals surface area contributed by atoms with E-state index in [9.17, 15) is 4.79 Å². The maximum atomic E-state index is 11.1. The summed E-state index contributed by atoms with van der Waals surface area (Å²) in [6.07, 6.45) is 4.49. The van der Waals surface area contributed by atoms with E-state index in [-0.39, 0.29) is 5.56 Å². The molecule has 0 saturated carbocycles. The molecule has 3 heterocycles. The molecule has 0 aliphatic heterocycles. The largest absolute Gasteiger partial charge is 0.478 e. The van der Waals surface area contributed by atoms with Crippen LogP contribution < -0.4 is 0 Å². The molecule has 0 unspecified atom stereocenters. The minimum absolute atomic E-state index is 0.105. The van der Waals surface area contributed by atoms with Crippen molar-refractivity contribution in [2.45, 2.75) is 10.9 Å². The molecular formula is C12H9N5O2S. The second-order valence-corrected chi connectivity index (χ2v) is 4.83. The van der Waals surface area contributed by atoms with Crippen LogP contribution in [0.15, 0.2) is 42.1 Å². The van der Waals surface area contributed by atoms with Crippen molar-refractivity contribution in [2.24, 2.45) is 0 Å². The number of hydrogen-bond acceptors (Lipinski definition) is 6. The molecule has 3 aromatic heterocycles. The maximum Gasteiger partial charge on any atom is 0.339 e. The second-order valence-electron chi connectivity index (χ2n) is 3.89. The lowest BCUT2D eigenvalue weighted by atomic mass is 10.2. The first-order chi connectivity index (χ1) is 9.75. The molecule has 100 valence electrons. The smallest absolute Gasteiger partial charge is 0.339 e. The Labute approximate surface area is 117 Å². The number of aromatic nitrogens is 5. The predicted molar refractivity (Wildman–Crippen MR) is 71.5 cm³/mol. The van der Waals surface area contributed by atoms with Crippen molar-refractivity contribution in [3.8, 4) is 0 Å². The van der Waals surface area contributed by atoms with Gasteiger partial charge in [-0.05, 0) is 12.1 Å². The topological polar surface area (TPSA) is 93.3 Å². The molecule has 0 saturated heterocycles. The van der Waals surface area contributed by atoms with Crippen LogP contribution in [0.25, 0.3) is 5.65 Å². The zero-order chi connectivity index (χ0) is 13.9. The van der Waals surface area contributed by atoms with E-state index in [0.717, 1.165) is 5.65 Å². The fourth-order valence-corrected chi connectivity index (χ4v) is 2.59. The van der Waals surface area contributed by atoms with Crippen molar-refractivity contribution in [1.29, 1.82) is 0 Å². The summed E-state index contributed by atoms with van der Waals surface area (Å²) in [7, 11) is 0. The monoisotopic (exact) mass is 287 g/mol. The van der Waals surface area contributed by atoms with E-state index in [1.54, 1.807) is 0 Å². The van der Waals surface area contributed by atoms with Gasteiger partial charge in [-0.1, -0.05) is 17.8 Å². The van der Waals surface area contributed by atoms with E-state index in [1.165, 1.54) is 24.3 Å². The van der Waals surface area contributed by atoms with Gasteiger partial charge in [-0.15, -0.1) is 10.2 Å². The second kappa shape index (κ2) is 5.25. The third kappa shape index (κ3) is 2.32. The Morgan fingerprint density at radius 1 is 1.35 bits per heavy atom. The van der Waals surface area contributed by atoms with Gasteiger partial charge >= 0.3 is 5.97 Å². The van der Waals surface area contributed by atoms with Crippen LogP contribution in [0.2, 0.25) is 0 Å². The van der Waals surface area contributed by atoms with Crippen molar-refractivity contribution in [3.63, 3.8) is 0 Å². The van der Waals surface area contributed by atoms with Gasteiger partial charge in [-0.25, -0.2) is 14.8 Å². The predicted octanol–water partition coefficient (Wildman–Crippen LogP) is 1.51. The Balaban J connectivity index is 1.85. The van der Waals surface area contributed by atoms with E-state index in [2.05, 4.69) is 20.2 Å². The first-order valence-corrected chi connectivity index (χ1v) is 6.69. The fourth-order valence-electron chi connectivity index (χ4n) is 1.70. The number of pyridine rings is 1. The lowest BCUT2D eigenvalue weighted by Gasteiger charge is -2.03. The van der Waals surface area contributed by atoms with E-state index in [0.29, 0.717) is 16.6 Å². The van der Waals surface area contributed by atoms with E-state index in [4.69, 9.17) is 5.11 Å². The standard InChI is InChI=1S/C12H9N5O2S/c18-11(19)8-5-13-7-14-9(8)6-20-12-16-15-10-3-1-2-4-17(10)12/h1-5,7H,6H2,(H,18,19). The van der Waals surface area contributed by atoms with Gasteiger partial charge in [0.2, 0.25) is 0 Å². The highest BCUT2D eigenvalue weighted by atomic mass is 32.2. The molecule has 3 rings (SSSR count). The molecule has 0 aliphatic rings. The molecular weight excluding hydrogens is 278 g/mol. The number of nitrogens with zero attached hydrogens (tertiary/aromatic N) is 5. The van der Waals surface area contributed by atoms with Gasteiger partial charge in [0.15, 0.2) is 10.8 Å². The fraction of sp³-hybridized carbons (Fsp3) is 0.0833. The van der Waals surface area contributed by atoms with Crippen molar-refractivity contribution < 1.29 is 9.90 Å². The zero-order valence-electron chi connectivity index (χ0n) is 10.2. The highest BCUT2D eigenvalue weighted by molar-refractivity contribution is 7.98. The summed E-state index contributed by atoms with van der Waals surface area (Å²) in [6, 6.07) is 5.61. The first-order valence-electron chi connectivity index (χ1n) is 5.70.